The van der Waals surface area contributed by atoms with E-state index in [1.807, 2.05) is 36.4 Å². The summed E-state index contributed by atoms with van der Waals surface area (Å²) in [6.45, 7) is 0. The van der Waals surface area contributed by atoms with Crippen LogP contribution >= 0.6 is 0 Å². The van der Waals surface area contributed by atoms with Crippen LogP contribution in [-0.4, -0.2) is 13.3 Å². The molecule has 2 nitrogen and oxygen atoms in total. The Morgan fingerprint density at radius 1 is 1.00 bits per heavy atom. The number of rotatable bonds is 4. The van der Waals surface area contributed by atoms with Crippen LogP contribution in [0.3, 0.4) is 0 Å². The molecule has 0 saturated carbocycles. The SMILES string of the molecule is COc1ccc(N=C/C=C/c2ccc(F)cc2)cc1. The lowest BCUT2D eigenvalue weighted by molar-refractivity contribution is 0.415. The van der Waals surface area contributed by atoms with Gasteiger partial charge in [0, 0.05) is 6.21 Å². The summed E-state index contributed by atoms with van der Waals surface area (Å²) < 4.78 is 17.8. The van der Waals surface area contributed by atoms with Gasteiger partial charge in [0.15, 0.2) is 0 Å². The molecule has 0 aliphatic carbocycles. The van der Waals surface area contributed by atoms with Gasteiger partial charge in [0.1, 0.15) is 11.6 Å². The van der Waals surface area contributed by atoms with Gasteiger partial charge in [-0.05, 0) is 48.0 Å². The smallest absolute Gasteiger partial charge is 0.123 e. The molecule has 0 aliphatic rings. The topological polar surface area (TPSA) is 21.6 Å². The van der Waals surface area contributed by atoms with E-state index in [2.05, 4.69) is 4.99 Å². The number of hydrogen-bond acceptors (Lipinski definition) is 2. The normalized spacial score (nSPS) is 11.3. The molecule has 96 valence electrons. The van der Waals surface area contributed by atoms with Crippen molar-refractivity contribution in [1.82, 2.24) is 0 Å². The fourth-order valence-electron chi connectivity index (χ4n) is 1.53. The Labute approximate surface area is 111 Å². The summed E-state index contributed by atoms with van der Waals surface area (Å²) in [6.07, 6.45) is 5.38. The lowest BCUT2D eigenvalue weighted by Gasteiger charge is -1.98. The predicted molar refractivity (Wildman–Crippen MR) is 76.6 cm³/mol. The van der Waals surface area contributed by atoms with E-state index in [0.29, 0.717) is 0 Å². The quantitative estimate of drug-likeness (QED) is 0.748. The highest BCUT2D eigenvalue weighted by atomic mass is 19.1. The van der Waals surface area contributed by atoms with Crippen molar-refractivity contribution in [3.8, 4) is 5.75 Å². The molecule has 0 bridgehead atoms. The molecule has 2 aromatic rings. The number of methoxy groups -OCH3 is 1. The minimum Gasteiger partial charge on any atom is -0.497 e. The standard InChI is InChI=1S/C16H14FNO/c1-19-16-10-8-15(9-11-16)18-12-2-3-13-4-6-14(17)7-5-13/h2-12H,1H3/b3-2+,18-12?. The van der Waals surface area contributed by atoms with E-state index >= 15 is 0 Å². The van der Waals surface area contributed by atoms with Crippen molar-refractivity contribution in [2.45, 2.75) is 0 Å². The van der Waals surface area contributed by atoms with E-state index in [9.17, 15) is 4.39 Å². The number of hydrogen-bond donors (Lipinski definition) is 0. The molecule has 2 rings (SSSR count). The summed E-state index contributed by atoms with van der Waals surface area (Å²) in [5.41, 5.74) is 1.78. The first-order valence-electron chi connectivity index (χ1n) is 5.88. The van der Waals surface area contributed by atoms with Crippen LogP contribution in [0.15, 0.2) is 59.6 Å². The van der Waals surface area contributed by atoms with Crippen LogP contribution in [0.2, 0.25) is 0 Å². The Hall–Kier alpha value is -2.42. The molecular formula is C16H14FNO. The fraction of sp³-hybridized carbons (Fsp3) is 0.0625. The van der Waals surface area contributed by atoms with Gasteiger partial charge in [-0.1, -0.05) is 18.2 Å². The maximum absolute atomic E-state index is 12.7. The molecular weight excluding hydrogens is 241 g/mol. The summed E-state index contributed by atoms with van der Waals surface area (Å²) >= 11 is 0. The second-order valence-electron chi connectivity index (χ2n) is 3.89. The van der Waals surface area contributed by atoms with Crippen LogP contribution in [0.4, 0.5) is 10.1 Å². The Kier molecular flexibility index (Phi) is 4.45. The summed E-state index contributed by atoms with van der Waals surface area (Å²) in [6, 6.07) is 13.8. The van der Waals surface area contributed by atoms with Gasteiger partial charge < -0.3 is 4.74 Å². The first kappa shape index (κ1) is 13.0. The van der Waals surface area contributed by atoms with Crippen LogP contribution in [0, 0.1) is 5.82 Å². The van der Waals surface area contributed by atoms with Crippen molar-refractivity contribution in [3.63, 3.8) is 0 Å². The van der Waals surface area contributed by atoms with E-state index in [0.717, 1.165) is 17.0 Å². The highest BCUT2D eigenvalue weighted by Gasteiger charge is 1.90. The van der Waals surface area contributed by atoms with E-state index in [1.165, 1.54) is 12.1 Å². The maximum atomic E-state index is 12.7. The second-order valence-corrected chi connectivity index (χ2v) is 3.89. The third-order valence-electron chi connectivity index (χ3n) is 2.54. The van der Waals surface area contributed by atoms with Gasteiger partial charge in [0.25, 0.3) is 0 Å². The molecule has 0 N–H and O–H groups in total. The van der Waals surface area contributed by atoms with Crippen molar-refractivity contribution in [3.05, 3.63) is 66.0 Å². The number of halogens is 1. The van der Waals surface area contributed by atoms with Gasteiger partial charge in [-0.25, -0.2) is 4.39 Å². The lowest BCUT2D eigenvalue weighted by atomic mass is 10.2. The highest BCUT2D eigenvalue weighted by molar-refractivity contribution is 5.80. The second kappa shape index (κ2) is 6.50. The average Bonchev–Trinajstić information content (AvgIpc) is 2.46. The number of allylic oxidation sites excluding steroid dienone is 1. The van der Waals surface area contributed by atoms with Crippen molar-refractivity contribution < 1.29 is 9.13 Å². The van der Waals surface area contributed by atoms with Gasteiger partial charge >= 0.3 is 0 Å². The summed E-state index contributed by atoms with van der Waals surface area (Å²) in [5, 5.41) is 0. The van der Waals surface area contributed by atoms with E-state index < -0.39 is 0 Å². The molecule has 2 aromatic carbocycles. The molecule has 0 spiro atoms. The molecule has 0 atom stereocenters. The Morgan fingerprint density at radius 3 is 2.32 bits per heavy atom. The van der Waals surface area contributed by atoms with Crippen molar-refractivity contribution in [2.24, 2.45) is 4.99 Å². The molecule has 3 heteroatoms. The Morgan fingerprint density at radius 2 is 1.68 bits per heavy atom. The highest BCUT2D eigenvalue weighted by Crippen LogP contribution is 2.17. The van der Waals surface area contributed by atoms with Gasteiger partial charge in [0.2, 0.25) is 0 Å². The minimum absolute atomic E-state index is 0.232. The molecule has 0 fully saturated rings. The van der Waals surface area contributed by atoms with Crippen LogP contribution < -0.4 is 4.74 Å². The third kappa shape index (κ3) is 4.07. The monoisotopic (exact) mass is 255 g/mol. The van der Waals surface area contributed by atoms with Crippen molar-refractivity contribution in [2.75, 3.05) is 7.11 Å². The molecule has 0 amide bonds. The van der Waals surface area contributed by atoms with E-state index in [4.69, 9.17) is 4.74 Å². The summed E-state index contributed by atoms with van der Waals surface area (Å²) in [5.74, 6) is 0.574. The molecule has 19 heavy (non-hydrogen) atoms. The maximum Gasteiger partial charge on any atom is 0.123 e. The van der Waals surface area contributed by atoms with Gasteiger partial charge in [-0.2, -0.15) is 0 Å². The van der Waals surface area contributed by atoms with Gasteiger partial charge in [0.05, 0.1) is 12.8 Å². The first-order valence-corrected chi connectivity index (χ1v) is 5.88. The largest absolute Gasteiger partial charge is 0.497 e. The lowest BCUT2D eigenvalue weighted by Crippen LogP contribution is -1.79. The number of nitrogens with zero attached hydrogens (tertiary/aromatic N) is 1. The Bertz CT molecular complexity index is 571. The molecule has 0 saturated heterocycles. The third-order valence-corrected chi connectivity index (χ3v) is 2.54. The van der Waals surface area contributed by atoms with Crippen LogP contribution in [0.1, 0.15) is 5.56 Å². The van der Waals surface area contributed by atoms with Gasteiger partial charge in [-0.15, -0.1) is 0 Å². The predicted octanol–water partition coefficient (Wildman–Crippen LogP) is 4.25. The van der Waals surface area contributed by atoms with Crippen LogP contribution in [0.25, 0.3) is 6.08 Å². The zero-order valence-corrected chi connectivity index (χ0v) is 10.6. The number of ether oxygens (including phenoxy) is 1. The van der Waals surface area contributed by atoms with Crippen LogP contribution in [-0.2, 0) is 0 Å². The molecule has 0 aromatic heterocycles. The molecule has 0 heterocycles. The van der Waals surface area contributed by atoms with E-state index in [1.54, 1.807) is 25.5 Å². The molecule has 0 aliphatic heterocycles. The molecule has 0 unspecified atom stereocenters. The number of aliphatic imine (C=N–C) groups is 1. The number of benzene rings is 2. The fourth-order valence-corrected chi connectivity index (χ4v) is 1.53. The van der Waals surface area contributed by atoms with Crippen LogP contribution in [0.5, 0.6) is 5.75 Å². The van der Waals surface area contributed by atoms with Crippen molar-refractivity contribution >= 4 is 18.0 Å². The minimum atomic E-state index is -0.232. The van der Waals surface area contributed by atoms with Gasteiger partial charge in [-0.3, -0.25) is 4.99 Å². The first-order chi connectivity index (χ1) is 9.28. The van der Waals surface area contributed by atoms with Crippen molar-refractivity contribution in [1.29, 1.82) is 0 Å². The summed E-state index contributed by atoms with van der Waals surface area (Å²) in [7, 11) is 1.63. The van der Waals surface area contributed by atoms with E-state index in [-0.39, 0.29) is 5.82 Å². The zero-order chi connectivity index (χ0) is 13.5. The Balaban J connectivity index is 1.96. The molecule has 0 radical (unpaired) electrons. The zero-order valence-electron chi connectivity index (χ0n) is 10.6. The average molecular weight is 255 g/mol. The summed E-state index contributed by atoms with van der Waals surface area (Å²) in [4.78, 5) is 4.27.